The molecule has 0 N–H and O–H groups in total. The molecule has 0 fully saturated rings. The average Bonchev–Trinajstić information content (AvgIpc) is 2.98. The Morgan fingerprint density at radius 2 is 0.595 bits per heavy atom. The maximum absolute atomic E-state index is 14.4. The van der Waals surface area contributed by atoms with Crippen molar-refractivity contribution in [1.82, 2.24) is 0 Å². The number of hydrogen-bond acceptors (Lipinski definition) is 4. The van der Waals surface area contributed by atoms with E-state index in [0.29, 0.717) is 20.8 Å². The normalized spacial score (nSPS) is 12.0. The summed E-state index contributed by atoms with van der Waals surface area (Å²) in [6.07, 6.45) is -3.39. The Balaban J connectivity index is 2.06. The predicted molar refractivity (Wildman–Crippen MR) is 111 cm³/mol. The van der Waals surface area contributed by atoms with Gasteiger partial charge in [-0.2, -0.15) is 0 Å². The Morgan fingerprint density at radius 1 is 0.405 bits per heavy atom. The summed E-state index contributed by atoms with van der Waals surface area (Å²) in [4.78, 5) is 0. The second-order valence-corrected chi connectivity index (χ2v) is 9.05. The molecule has 0 unspecified atom stereocenters. The van der Waals surface area contributed by atoms with Crippen LogP contribution in [0.15, 0.2) is 0 Å². The Morgan fingerprint density at radius 3 is 0.762 bits per heavy atom. The van der Waals surface area contributed by atoms with Crippen molar-refractivity contribution in [2.75, 3.05) is 0 Å². The van der Waals surface area contributed by atoms with Gasteiger partial charge in [0, 0.05) is 0 Å². The van der Waals surface area contributed by atoms with Crippen molar-refractivity contribution in [2.24, 2.45) is 0 Å². The first-order valence-corrected chi connectivity index (χ1v) is 12.2. The first-order chi connectivity index (χ1) is 19.5. The molecule has 3 aromatic carbocycles. The molecule has 0 bridgehead atoms. The van der Waals surface area contributed by atoms with Crippen molar-refractivity contribution in [3.05, 3.63) is 103 Å². The van der Waals surface area contributed by atoms with Crippen molar-refractivity contribution in [1.29, 1.82) is 0 Å². The van der Waals surface area contributed by atoms with E-state index in [1.54, 1.807) is 0 Å². The van der Waals surface area contributed by atoms with Crippen LogP contribution in [-0.4, -0.2) is 6.16 Å². The van der Waals surface area contributed by atoms with E-state index in [-0.39, 0.29) is 25.2 Å². The van der Waals surface area contributed by atoms with Crippen molar-refractivity contribution in [2.45, 2.75) is 46.8 Å². The molecule has 3 rings (SSSR count). The molecule has 0 aromatic heterocycles. The monoisotopic (exact) mass is 697 g/mol. The topological polar surface area (TPSA) is 36.9 Å². The molecule has 0 aliphatic carbocycles. The molecule has 0 heterocycles. The molecular formula is C25H15F12O4Zr. The van der Waals surface area contributed by atoms with Gasteiger partial charge in [-0.3, -0.25) is 0 Å². The molecule has 17 heteroatoms. The van der Waals surface area contributed by atoms with E-state index < -0.39 is 129 Å². The summed E-state index contributed by atoms with van der Waals surface area (Å²) in [6, 6.07) is 0. The number of hydrogen-bond donors (Lipinski definition) is 0. The van der Waals surface area contributed by atoms with E-state index in [9.17, 15) is 52.7 Å². The van der Waals surface area contributed by atoms with Crippen LogP contribution >= 0.6 is 0 Å². The van der Waals surface area contributed by atoms with Gasteiger partial charge in [0.15, 0.2) is 0 Å². The molecule has 0 saturated carbocycles. The Kier molecular flexibility index (Phi) is 10.6. The molecule has 0 amide bonds. The van der Waals surface area contributed by atoms with Gasteiger partial charge in [0.05, 0.1) is 0 Å². The van der Waals surface area contributed by atoms with Gasteiger partial charge in [0.1, 0.15) is 0 Å². The van der Waals surface area contributed by atoms with Crippen LogP contribution in [-0.2, 0) is 62.0 Å². The molecule has 0 aliphatic rings. The molecule has 4 nitrogen and oxygen atoms in total. The van der Waals surface area contributed by atoms with Crippen LogP contribution < -0.4 is 0 Å². The molecule has 0 atom stereocenters. The van der Waals surface area contributed by atoms with Gasteiger partial charge in [-0.1, -0.05) is 0 Å². The maximum atomic E-state index is 14.4. The molecule has 0 saturated heterocycles. The van der Waals surface area contributed by atoms with E-state index >= 15 is 0 Å². The second kappa shape index (κ2) is 13.0. The number of halogens is 12. The molecule has 3 aromatic rings. The number of benzene rings is 3. The van der Waals surface area contributed by atoms with Crippen LogP contribution in [0.1, 0.15) is 33.4 Å². The third-order valence-corrected chi connectivity index (χ3v) is 6.64. The van der Waals surface area contributed by atoms with E-state index in [4.69, 9.17) is 17.0 Å². The first kappa shape index (κ1) is 34.0. The molecule has 0 spiro atoms. The third kappa shape index (κ3) is 6.12. The zero-order valence-corrected chi connectivity index (χ0v) is 23.7. The molecule has 0 aliphatic heterocycles. The van der Waals surface area contributed by atoms with Crippen LogP contribution in [0.3, 0.4) is 0 Å². The zero-order chi connectivity index (χ0) is 31.8. The van der Waals surface area contributed by atoms with Gasteiger partial charge < -0.3 is 0 Å². The second-order valence-electron chi connectivity index (χ2n) is 8.55. The van der Waals surface area contributed by atoms with E-state index in [1.165, 1.54) is 0 Å². The zero-order valence-electron chi connectivity index (χ0n) is 21.3. The quantitative estimate of drug-likeness (QED) is 0.126. The van der Waals surface area contributed by atoms with Crippen LogP contribution in [0.25, 0.3) is 0 Å². The van der Waals surface area contributed by atoms with Crippen molar-refractivity contribution < 1.29 is 94.9 Å². The summed E-state index contributed by atoms with van der Waals surface area (Å²) in [5, 5.41) is 0. The van der Waals surface area contributed by atoms with Crippen LogP contribution in [0.2, 0.25) is 0 Å². The van der Waals surface area contributed by atoms with Crippen molar-refractivity contribution >= 4 is 0 Å². The van der Waals surface area contributed by atoms with Gasteiger partial charge in [0.2, 0.25) is 0 Å². The first-order valence-electron chi connectivity index (χ1n) is 11.2. The Hall–Kier alpha value is -2.46. The molecule has 227 valence electrons. The SMILES string of the molecule is Cc1c(F)c(F)c(COC([O][Zr])(OCc2c(F)c(F)c(C)c(F)c2F)OCc2c(F)c(F)c(C)c(F)c2F)c(F)c1F. The molecule has 0 radical (unpaired) electrons. The van der Waals surface area contributed by atoms with Gasteiger partial charge in [-0.25, -0.2) is 0 Å². The van der Waals surface area contributed by atoms with E-state index in [2.05, 4.69) is 0 Å². The van der Waals surface area contributed by atoms with Gasteiger partial charge in [-0.15, -0.1) is 0 Å². The third-order valence-electron chi connectivity index (χ3n) is 6.03. The fourth-order valence-electron chi connectivity index (χ4n) is 3.44. The fourth-order valence-corrected chi connectivity index (χ4v) is 3.87. The van der Waals surface area contributed by atoms with Crippen molar-refractivity contribution in [3.8, 4) is 0 Å². The summed E-state index contributed by atoms with van der Waals surface area (Å²) in [5.74, 6) is -23.0. The Bertz CT molecular complexity index is 1280. The van der Waals surface area contributed by atoms with Gasteiger partial charge >= 0.3 is 245 Å². The van der Waals surface area contributed by atoms with Gasteiger partial charge in [-0.05, 0) is 0 Å². The fraction of sp³-hybridized carbons (Fsp3) is 0.280. The number of ether oxygens (including phenoxy) is 3. The predicted octanol–water partition coefficient (Wildman–Crippen LogP) is 7.32. The molecular weight excluding hydrogens is 683 g/mol. The summed E-state index contributed by atoms with van der Waals surface area (Å²) in [7, 11) is 0. The standard InChI is InChI=1S/C25H15F12O4.Zr/c1-7-13(26)19(32)10(20(33)14(7)27)4-39-25(38,40-5-11-21(34)15(28)8(2)16(29)22(11)35)41-6-12-23(36)17(30)9(3)18(31)24(12)37;/h4-6H2,1-3H3;/q-1;+1. The summed E-state index contributed by atoms with van der Waals surface area (Å²) in [6.45, 7) is -2.65. The molecule has 42 heavy (non-hydrogen) atoms. The summed E-state index contributed by atoms with van der Waals surface area (Å²) >= 11 is -0.201. The van der Waals surface area contributed by atoms with E-state index in [0.717, 1.165) is 0 Å². The van der Waals surface area contributed by atoms with Crippen LogP contribution in [0, 0.1) is 90.6 Å². The Labute approximate surface area is 244 Å². The number of rotatable bonds is 10. The average molecular weight is 699 g/mol. The van der Waals surface area contributed by atoms with Crippen molar-refractivity contribution in [3.63, 3.8) is 0 Å². The minimum atomic E-state index is -3.39. The minimum absolute atomic E-state index is 0.201. The van der Waals surface area contributed by atoms with E-state index in [1.807, 2.05) is 0 Å². The van der Waals surface area contributed by atoms with Crippen LogP contribution in [0.4, 0.5) is 52.7 Å². The summed E-state index contributed by atoms with van der Waals surface area (Å²) in [5.41, 5.74) is -7.58. The van der Waals surface area contributed by atoms with Gasteiger partial charge in [0.25, 0.3) is 0 Å². The van der Waals surface area contributed by atoms with Crippen LogP contribution in [0.5, 0.6) is 0 Å². The summed E-state index contributed by atoms with van der Waals surface area (Å²) < 4.78 is 190.